The van der Waals surface area contributed by atoms with Crippen molar-refractivity contribution >= 4 is 26.0 Å². The maximum atomic E-state index is 13.0. The van der Waals surface area contributed by atoms with Gasteiger partial charge in [-0.2, -0.15) is 9.57 Å². The topological polar surface area (TPSA) is 61.2 Å². The minimum absolute atomic E-state index is 0.114. The number of nitrogens with zero attached hydrogens (tertiary/aromatic N) is 2. The second-order valence-electron chi connectivity index (χ2n) is 5.88. The van der Waals surface area contributed by atoms with Crippen LogP contribution < -0.4 is 0 Å². The highest BCUT2D eigenvalue weighted by atomic mass is 79.9. The molecule has 0 fully saturated rings. The Morgan fingerprint density at radius 3 is 2.56 bits per heavy atom. The summed E-state index contributed by atoms with van der Waals surface area (Å²) >= 11 is 3.51. The molecule has 0 spiro atoms. The Morgan fingerprint density at radius 2 is 1.92 bits per heavy atom. The van der Waals surface area contributed by atoms with Crippen LogP contribution in [0.1, 0.15) is 43.0 Å². The lowest BCUT2D eigenvalue weighted by molar-refractivity contribution is 0.341. The van der Waals surface area contributed by atoms with Gasteiger partial charge in [0.2, 0.25) is 10.0 Å². The normalized spacial score (nSPS) is 12.8. The summed E-state index contributed by atoms with van der Waals surface area (Å²) < 4.78 is 28.5. The Balaban J connectivity index is 2.34. The summed E-state index contributed by atoms with van der Waals surface area (Å²) in [5, 5.41) is 9.01. The third kappa shape index (κ3) is 4.91. The minimum Gasteiger partial charge on any atom is -0.212 e. The third-order valence-electron chi connectivity index (χ3n) is 3.99. The van der Waals surface area contributed by atoms with Crippen molar-refractivity contribution in [2.24, 2.45) is 0 Å². The Labute approximate surface area is 158 Å². The fourth-order valence-corrected chi connectivity index (χ4v) is 5.23. The van der Waals surface area contributed by atoms with Crippen LogP contribution in [0.2, 0.25) is 0 Å². The van der Waals surface area contributed by atoms with E-state index >= 15 is 0 Å². The molecule has 2 aromatic rings. The Kier molecular flexibility index (Phi) is 6.77. The van der Waals surface area contributed by atoms with E-state index in [1.807, 2.05) is 44.2 Å². The maximum absolute atomic E-state index is 13.0. The van der Waals surface area contributed by atoms with Gasteiger partial charge in [0.15, 0.2) is 0 Å². The molecule has 0 bridgehead atoms. The summed E-state index contributed by atoms with van der Waals surface area (Å²) in [6.45, 7) is 4.31. The summed E-state index contributed by atoms with van der Waals surface area (Å²) in [5.74, 6) is -0.114. The number of halogens is 1. The molecule has 6 heteroatoms. The number of hydrogen-bond donors (Lipinski definition) is 0. The monoisotopic (exact) mass is 420 g/mol. The van der Waals surface area contributed by atoms with Gasteiger partial charge in [-0.1, -0.05) is 53.2 Å². The highest BCUT2D eigenvalue weighted by Gasteiger charge is 2.28. The first-order valence-corrected chi connectivity index (χ1v) is 10.5. The predicted molar refractivity (Wildman–Crippen MR) is 103 cm³/mol. The number of rotatable bonds is 7. The van der Waals surface area contributed by atoms with Crippen molar-refractivity contribution in [2.75, 3.05) is 6.54 Å². The van der Waals surface area contributed by atoms with Crippen molar-refractivity contribution < 1.29 is 8.42 Å². The van der Waals surface area contributed by atoms with Crippen LogP contribution >= 0.6 is 15.9 Å². The molecule has 0 saturated heterocycles. The molecule has 25 heavy (non-hydrogen) atoms. The first-order valence-electron chi connectivity index (χ1n) is 8.12. The zero-order chi connectivity index (χ0) is 18.4. The minimum atomic E-state index is -3.52. The van der Waals surface area contributed by atoms with E-state index in [0.717, 1.165) is 16.5 Å². The summed E-state index contributed by atoms with van der Waals surface area (Å²) in [7, 11) is -3.52. The summed E-state index contributed by atoms with van der Waals surface area (Å²) in [5.41, 5.74) is 2.03. The largest absolute Gasteiger partial charge is 0.218 e. The zero-order valence-corrected chi connectivity index (χ0v) is 16.7. The molecule has 0 N–H and O–H groups in total. The Hall–Kier alpha value is -1.68. The van der Waals surface area contributed by atoms with E-state index in [2.05, 4.69) is 15.9 Å². The molecule has 0 radical (unpaired) electrons. The number of nitriles is 1. The van der Waals surface area contributed by atoms with Crippen LogP contribution in [0.5, 0.6) is 0 Å². The van der Waals surface area contributed by atoms with Gasteiger partial charge in [-0.25, -0.2) is 8.42 Å². The van der Waals surface area contributed by atoms with Crippen molar-refractivity contribution in [2.45, 2.75) is 32.1 Å². The molecule has 0 heterocycles. The SMILES string of the molecule is CCCN(C(C)c1ccccc1Br)S(=O)(=O)Cc1cccc(C#N)c1. The van der Waals surface area contributed by atoms with Crippen LogP contribution in [-0.4, -0.2) is 19.3 Å². The molecule has 0 aromatic heterocycles. The molecular weight excluding hydrogens is 400 g/mol. The van der Waals surface area contributed by atoms with E-state index in [1.165, 1.54) is 0 Å². The lowest BCUT2D eigenvalue weighted by Gasteiger charge is -2.29. The number of hydrogen-bond acceptors (Lipinski definition) is 3. The molecule has 2 aromatic carbocycles. The van der Waals surface area contributed by atoms with Gasteiger partial charge in [0.25, 0.3) is 0 Å². The summed E-state index contributed by atoms with van der Waals surface area (Å²) in [6.07, 6.45) is 0.728. The molecule has 0 saturated carbocycles. The van der Waals surface area contributed by atoms with E-state index in [9.17, 15) is 8.42 Å². The molecular formula is C19H21BrN2O2S. The van der Waals surface area contributed by atoms with Gasteiger partial charge >= 0.3 is 0 Å². The van der Waals surface area contributed by atoms with Crippen LogP contribution in [0, 0.1) is 11.3 Å². The van der Waals surface area contributed by atoms with Crippen LogP contribution in [0.4, 0.5) is 0 Å². The second kappa shape index (κ2) is 8.61. The molecule has 0 amide bonds. The highest BCUT2D eigenvalue weighted by molar-refractivity contribution is 9.10. The quantitative estimate of drug-likeness (QED) is 0.655. The number of sulfonamides is 1. The molecule has 132 valence electrons. The van der Waals surface area contributed by atoms with E-state index < -0.39 is 10.0 Å². The predicted octanol–water partition coefficient (Wildman–Crippen LogP) is 4.62. The third-order valence-corrected chi connectivity index (χ3v) is 6.63. The van der Waals surface area contributed by atoms with Crippen molar-refractivity contribution in [1.29, 1.82) is 5.26 Å². The molecule has 0 aliphatic heterocycles. The van der Waals surface area contributed by atoms with Crippen LogP contribution in [0.15, 0.2) is 53.0 Å². The van der Waals surface area contributed by atoms with Crippen molar-refractivity contribution in [1.82, 2.24) is 4.31 Å². The van der Waals surface area contributed by atoms with Gasteiger partial charge in [0.1, 0.15) is 0 Å². The second-order valence-corrected chi connectivity index (χ2v) is 8.65. The molecule has 2 rings (SSSR count). The molecule has 4 nitrogen and oxygen atoms in total. The van der Waals surface area contributed by atoms with Gasteiger partial charge in [-0.3, -0.25) is 0 Å². The first kappa shape index (κ1) is 19.6. The van der Waals surface area contributed by atoms with E-state index in [1.54, 1.807) is 28.6 Å². The average molecular weight is 421 g/mol. The first-order chi connectivity index (χ1) is 11.9. The van der Waals surface area contributed by atoms with Crippen molar-refractivity contribution in [3.8, 4) is 6.07 Å². The fourth-order valence-electron chi connectivity index (χ4n) is 2.79. The fraction of sp³-hybridized carbons (Fsp3) is 0.316. The average Bonchev–Trinajstić information content (AvgIpc) is 2.59. The van der Waals surface area contributed by atoms with Crippen molar-refractivity contribution in [3.05, 3.63) is 69.7 Å². The van der Waals surface area contributed by atoms with Crippen molar-refractivity contribution in [3.63, 3.8) is 0 Å². The van der Waals surface area contributed by atoms with Gasteiger partial charge in [-0.15, -0.1) is 0 Å². The van der Waals surface area contributed by atoms with E-state index in [4.69, 9.17) is 5.26 Å². The smallest absolute Gasteiger partial charge is 0.212 e. The van der Waals surface area contributed by atoms with Gasteiger partial charge in [0.05, 0.1) is 17.4 Å². The van der Waals surface area contributed by atoms with E-state index in [-0.39, 0.29) is 11.8 Å². The Bertz CT molecular complexity index is 875. The van der Waals surface area contributed by atoms with E-state index in [0.29, 0.717) is 17.7 Å². The zero-order valence-electron chi connectivity index (χ0n) is 14.3. The molecule has 1 atom stereocenters. The maximum Gasteiger partial charge on any atom is 0.218 e. The van der Waals surface area contributed by atoms with Gasteiger partial charge in [-0.05, 0) is 42.7 Å². The van der Waals surface area contributed by atoms with Crippen LogP contribution in [0.3, 0.4) is 0 Å². The van der Waals surface area contributed by atoms with Crippen LogP contribution in [0.25, 0.3) is 0 Å². The number of benzene rings is 2. The molecule has 0 aliphatic rings. The van der Waals surface area contributed by atoms with Gasteiger partial charge in [0, 0.05) is 17.1 Å². The highest BCUT2D eigenvalue weighted by Crippen LogP contribution is 2.30. The standard InChI is InChI=1S/C19H21BrN2O2S/c1-3-11-22(15(2)18-9-4-5-10-19(18)20)25(23,24)14-17-8-6-7-16(12-17)13-21/h4-10,12,15H,3,11,14H2,1-2H3. The Morgan fingerprint density at radius 1 is 1.20 bits per heavy atom. The molecule has 0 aliphatic carbocycles. The van der Waals surface area contributed by atoms with Gasteiger partial charge < -0.3 is 0 Å². The van der Waals surface area contributed by atoms with Crippen LogP contribution in [-0.2, 0) is 15.8 Å². The lowest BCUT2D eigenvalue weighted by atomic mass is 10.1. The molecule has 1 unspecified atom stereocenters. The summed E-state index contributed by atoms with van der Waals surface area (Å²) in [4.78, 5) is 0. The lowest BCUT2D eigenvalue weighted by Crippen LogP contribution is -2.35. The summed E-state index contributed by atoms with van der Waals surface area (Å²) in [6, 6.07) is 16.2.